The number of oxazole rings is 1. The standard InChI is InChI=1S/C20H17N3O2/c1-14-20(15-7-3-2-4-8-15)25-19(23-14)11-10-18(24)16(13-21)17-9-5-6-12-22-17/h2-9,12,16H,10-11H2,1H3/t16-/m1/s1. The number of hydrogen-bond acceptors (Lipinski definition) is 5. The zero-order valence-electron chi connectivity index (χ0n) is 13.8. The molecular formula is C20H17N3O2. The Kier molecular flexibility index (Phi) is 5.00. The highest BCUT2D eigenvalue weighted by atomic mass is 16.4. The molecule has 0 saturated heterocycles. The predicted octanol–water partition coefficient (Wildman–Crippen LogP) is 3.85. The minimum Gasteiger partial charge on any atom is -0.440 e. The van der Waals surface area contributed by atoms with Crippen molar-refractivity contribution in [3.63, 3.8) is 0 Å². The normalized spacial score (nSPS) is 11.7. The summed E-state index contributed by atoms with van der Waals surface area (Å²) in [6, 6.07) is 17.0. The van der Waals surface area contributed by atoms with Crippen molar-refractivity contribution in [1.82, 2.24) is 9.97 Å². The third-order valence-corrected chi connectivity index (χ3v) is 3.90. The van der Waals surface area contributed by atoms with E-state index < -0.39 is 5.92 Å². The number of Topliss-reactive ketones (excluding diaryl/α,β-unsaturated/α-hetero) is 1. The maximum atomic E-state index is 12.4. The van der Waals surface area contributed by atoms with E-state index in [9.17, 15) is 10.1 Å². The third kappa shape index (κ3) is 3.81. The summed E-state index contributed by atoms with van der Waals surface area (Å²) in [6.07, 6.45) is 2.12. The number of ketones is 1. The summed E-state index contributed by atoms with van der Waals surface area (Å²) < 4.78 is 5.81. The summed E-state index contributed by atoms with van der Waals surface area (Å²) in [6.45, 7) is 1.88. The molecule has 1 aromatic carbocycles. The summed E-state index contributed by atoms with van der Waals surface area (Å²) in [5.41, 5.74) is 2.22. The van der Waals surface area contributed by atoms with Crippen LogP contribution in [0.5, 0.6) is 0 Å². The molecule has 1 atom stereocenters. The second-order valence-electron chi connectivity index (χ2n) is 5.67. The fourth-order valence-electron chi connectivity index (χ4n) is 2.64. The van der Waals surface area contributed by atoms with Crippen LogP contribution in [0.2, 0.25) is 0 Å². The van der Waals surface area contributed by atoms with E-state index in [1.165, 1.54) is 0 Å². The number of nitriles is 1. The van der Waals surface area contributed by atoms with Crippen LogP contribution in [0.3, 0.4) is 0 Å². The predicted molar refractivity (Wildman–Crippen MR) is 92.6 cm³/mol. The van der Waals surface area contributed by atoms with E-state index in [0.717, 1.165) is 11.3 Å². The topological polar surface area (TPSA) is 79.8 Å². The summed E-state index contributed by atoms with van der Waals surface area (Å²) in [7, 11) is 0. The molecular weight excluding hydrogens is 314 g/mol. The number of benzene rings is 1. The summed E-state index contributed by atoms with van der Waals surface area (Å²) in [4.78, 5) is 20.9. The van der Waals surface area contributed by atoms with Gasteiger partial charge in [-0.25, -0.2) is 4.98 Å². The molecule has 3 rings (SSSR count). The van der Waals surface area contributed by atoms with Gasteiger partial charge in [0.25, 0.3) is 0 Å². The van der Waals surface area contributed by atoms with Crippen molar-refractivity contribution in [2.75, 3.05) is 0 Å². The molecule has 2 heterocycles. The number of hydrogen-bond donors (Lipinski definition) is 0. The van der Waals surface area contributed by atoms with E-state index in [1.807, 2.05) is 43.3 Å². The Morgan fingerprint density at radius 2 is 1.96 bits per heavy atom. The monoisotopic (exact) mass is 331 g/mol. The summed E-state index contributed by atoms with van der Waals surface area (Å²) in [5, 5.41) is 9.29. The fourth-order valence-corrected chi connectivity index (χ4v) is 2.64. The number of carbonyl (C=O) groups excluding carboxylic acids is 1. The second kappa shape index (κ2) is 7.54. The molecule has 0 fully saturated rings. The zero-order valence-corrected chi connectivity index (χ0v) is 13.8. The molecule has 124 valence electrons. The van der Waals surface area contributed by atoms with Crippen molar-refractivity contribution in [2.24, 2.45) is 0 Å². The molecule has 0 aliphatic rings. The third-order valence-electron chi connectivity index (χ3n) is 3.90. The van der Waals surface area contributed by atoms with Crippen LogP contribution < -0.4 is 0 Å². The van der Waals surface area contributed by atoms with Gasteiger partial charge in [-0.05, 0) is 19.1 Å². The summed E-state index contributed by atoms with van der Waals surface area (Å²) in [5.74, 6) is 0.177. The van der Waals surface area contributed by atoms with Crippen LogP contribution in [0.15, 0.2) is 59.1 Å². The lowest BCUT2D eigenvalue weighted by Crippen LogP contribution is -2.13. The largest absolute Gasteiger partial charge is 0.440 e. The van der Waals surface area contributed by atoms with Gasteiger partial charge < -0.3 is 4.42 Å². The van der Waals surface area contributed by atoms with Gasteiger partial charge in [-0.2, -0.15) is 5.26 Å². The number of aromatic nitrogens is 2. The SMILES string of the molecule is Cc1nc(CCC(=O)[C@H](C#N)c2ccccn2)oc1-c1ccccc1. The van der Waals surface area contributed by atoms with Crippen molar-refractivity contribution >= 4 is 5.78 Å². The Bertz CT molecular complexity index is 896. The van der Waals surface area contributed by atoms with E-state index >= 15 is 0 Å². The van der Waals surface area contributed by atoms with Crippen LogP contribution >= 0.6 is 0 Å². The number of nitrogens with zero attached hydrogens (tertiary/aromatic N) is 3. The molecule has 0 unspecified atom stereocenters. The van der Waals surface area contributed by atoms with Crippen molar-refractivity contribution in [3.05, 3.63) is 72.0 Å². The minimum absolute atomic E-state index is 0.182. The Morgan fingerprint density at radius 1 is 1.20 bits per heavy atom. The van der Waals surface area contributed by atoms with Gasteiger partial charge in [-0.15, -0.1) is 0 Å². The average molecular weight is 331 g/mol. The van der Waals surface area contributed by atoms with Crippen LogP contribution in [-0.2, 0) is 11.2 Å². The molecule has 2 aromatic heterocycles. The van der Waals surface area contributed by atoms with Crippen LogP contribution in [0, 0.1) is 18.3 Å². The highest BCUT2D eigenvalue weighted by molar-refractivity contribution is 5.88. The Hall–Kier alpha value is -3.26. The number of pyridine rings is 1. The second-order valence-corrected chi connectivity index (χ2v) is 5.67. The number of rotatable bonds is 6. The highest BCUT2D eigenvalue weighted by Gasteiger charge is 2.22. The van der Waals surface area contributed by atoms with Gasteiger partial charge in [-0.1, -0.05) is 36.4 Å². The first kappa shape index (κ1) is 16.6. The molecule has 0 spiro atoms. The molecule has 25 heavy (non-hydrogen) atoms. The Labute approximate surface area is 146 Å². The molecule has 0 saturated carbocycles. The van der Waals surface area contributed by atoms with E-state index in [-0.39, 0.29) is 12.2 Å². The zero-order chi connectivity index (χ0) is 17.6. The van der Waals surface area contributed by atoms with Crippen molar-refractivity contribution in [3.8, 4) is 17.4 Å². The summed E-state index contributed by atoms with van der Waals surface area (Å²) >= 11 is 0. The lowest BCUT2D eigenvalue weighted by molar-refractivity contribution is -0.119. The molecule has 0 bridgehead atoms. The molecule has 5 heteroatoms. The molecule has 0 aliphatic heterocycles. The first-order chi connectivity index (χ1) is 12.2. The van der Waals surface area contributed by atoms with Crippen LogP contribution in [0.4, 0.5) is 0 Å². The first-order valence-electron chi connectivity index (χ1n) is 8.04. The fraction of sp³-hybridized carbons (Fsp3) is 0.200. The quantitative estimate of drug-likeness (QED) is 0.685. The highest BCUT2D eigenvalue weighted by Crippen LogP contribution is 2.25. The van der Waals surface area contributed by atoms with Gasteiger partial charge in [0.2, 0.25) is 0 Å². The smallest absolute Gasteiger partial charge is 0.195 e. The van der Waals surface area contributed by atoms with Gasteiger partial charge in [0.1, 0.15) is 5.92 Å². The van der Waals surface area contributed by atoms with E-state index in [0.29, 0.717) is 23.8 Å². The molecule has 3 aromatic rings. The molecule has 0 N–H and O–H groups in total. The minimum atomic E-state index is -0.856. The van der Waals surface area contributed by atoms with Gasteiger partial charge in [0, 0.05) is 24.6 Å². The van der Waals surface area contributed by atoms with Crippen molar-refractivity contribution in [2.45, 2.75) is 25.7 Å². The van der Waals surface area contributed by atoms with Crippen LogP contribution in [-0.4, -0.2) is 15.8 Å². The van der Waals surface area contributed by atoms with Gasteiger partial charge in [0.15, 0.2) is 17.4 Å². The molecule has 0 radical (unpaired) electrons. The maximum absolute atomic E-state index is 12.4. The van der Waals surface area contributed by atoms with E-state index in [1.54, 1.807) is 24.4 Å². The van der Waals surface area contributed by atoms with Crippen molar-refractivity contribution < 1.29 is 9.21 Å². The molecule has 0 amide bonds. The van der Waals surface area contributed by atoms with Gasteiger partial charge in [-0.3, -0.25) is 9.78 Å². The lowest BCUT2D eigenvalue weighted by Gasteiger charge is -2.06. The number of aryl methyl sites for hydroxylation is 2. The van der Waals surface area contributed by atoms with E-state index in [4.69, 9.17) is 4.42 Å². The van der Waals surface area contributed by atoms with Gasteiger partial charge in [0.05, 0.1) is 17.5 Å². The molecule has 5 nitrogen and oxygen atoms in total. The van der Waals surface area contributed by atoms with E-state index in [2.05, 4.69) is 9.97 Å². The lowest BCUT2D eigenvalue weighted by atomic mass is 9.98. The van der Waals surface area contributed by atoms with Gasteiger partial charge >= 0.3 is 0 Å². The Balaban J connectivity index is 1.70. The first-order valence-corrected chi connectivity index (χ1v) is 8.04. The Morgan fingerprint density at radius 3 is 2.64 bits per heavy atom. The average Bonchev–Trinajstić information content (AvgIpc) is 3.03. The van der Waals surface area contributed by atoms with Crippen LogP contribution in [0.1, 0.15) is 29.6 Å². The number of carbonyl (C=O) groups is 1. The van der Waals surface area contributed by atoms with Crippen LogP contribution in [0.25, 0.3) is 11.3 Å². The maximum Gasteiger partial charge on any atom is 0.195 e. The molecule has 0 aliphatic carbocycles. The van der Waals surface area contributed by atoms with Crippen molar-refractivity contribution in [1.29, 1.82) is 5.26 Å².